The summed E-state index contributed by atoms with van der Waals surface area (Å²) < 4.78 is 1.13. The van der Waals surface area contributed by atoms with Gasteiger partial charge in [-0.25, -0.2) is 0 Å². The second-order valence-corrected chi connectivity index (χ2v) is 4.83. The van der Waals surface area contributed by atoms with Crippen molar-refractivity contribution in [1.29, 1.82) is 0 Å². The second kappa shape index (κ2) is 6.08. The van der Waals surface area contributed by atoms with E-state index in [1.807, 2.05) is 0 Å². The van der Waals surface area contributed by atoms with Crippen LogP contribution in [0.15, 0.2) is 9.85 Å². The summed E-state index contributed by atoms with van der Waals surface area (Å²) in [5, 5.41) is 3.24. The molecule has 5 heteroatoms. The molecule has 0 spiro atoms. The zero-order valence-corrected chi connectivity index (χ0v) is 10.5. The Bertz CT molecular complexity index is 239. The van der Waals surface area contributed by atoms with Crippen molar-refractivity contribution in [3.05, 3.63) is 14.7 Å². The van der Waals surface area contributed by atoms with Crippen LogP contribution < -0.4 is 5.32 Å². The topological polar surface area (TPSA) is 12.0 Å². The van der Waals surface area contributed by atoms with Crippen LogP contribution in [-0.2, 0) is 5.88 Å². The largest absolute Gasteiger partial charge is 0.384 e. The summed E-state index contributed by atoms with van der Waals surface area (Å²) in [6.45, 7) is 3.01. The first kappa shape index (κ1) is 12.6. The van der Waals surface area contributed by atoms with Crippen molar-refractivity contribution >= 4 is 57.0 Å². The summed E-state index contributed by atoms with van der Waals surface area (Å²) in [5.74, 6) is 0.582. The molecule has 0 atom stereocenters. The van der Waals surface area contributed by atoms with Crippen molar-refractivity contribution in [2.24, 2.45) is 0 Å². The first-order chi connectivity index (χ1) is 5.27. The van der Waals surface area contributed by atoms with E-state index in [1.54, 1.807) is 11.3 Å². The summed E-state index contributed by atoms with van der Waals surface area (Å²) in [5.41, 5.74) is 1.15. The fourth-order valence-corrected chi connectivity index (χ4v) is 2.67. The summed E-state index contributed by atoms with van der Waals surface area (Å²) in [6, 6.07) is 2.06. The Morgan fingerprint density at radius 3 is 2.83 bits per heavy atom. The van der Waals surface area contributed by atoms with Crippen LogP contribution in [0.3, 0.4) is 0 Å². The molecule has 0 saturated heterocycles. The van der Waals surface area contributed by atoms with E-state index in [2.05, 4.69) is 34.2 Å². The van der Waals surface area contributed by atoms with Gasteiger partial charge in [-0.1, -0.05) is 0 Å². The number of nitrogens with one attached hydrogen (secondary N) is 1. The molecule has 1 heterocycles. The number of thiophene rings is 1. The molecule has 0 aliphatic heterocycles. The van der Waals surface area contributed by atoms with Gasteiger partial charge in [0.05, 0.1) is 15.4 Å². The molecule has 0 aliphatic carbocycles. The molecule has 0 aromatic carbocycles. The Morgan fingerprint density at radius 2 is 2.33 bits per heavy atom. The first-order valence-electron chi connectivity index (χ1n) is 3.36. The van der Waals surface area contributed by atoms with Crippen molar-refractivity contribution in [2.75, 3.05) is 11.9 Å². The molecular weight excluding hydrogens is 281 g/mol. The van der Waals surface area contributed by atoms with E-state index < -0.39 is 0 Å². The van der Waals surface area contributed by atoms with Gasteiger partial charge in [0, 0.05) is 11.4 Å². The fraction of sp³-hybridized carbons (Fsp3) is 0.429. The van der Waals surface area contributed by atoms with Crippen LogP contribution in [0.4, 0.5) is 5.69 Å². The summed E-state index contributed by atoms with van der Waals surface area (Å²) in [6.07, 6.45) is 0. The van der Waals surface area contributed by atoms with Crippen LogP contribution in [0.5, 0.6) is 0 Å². The lowest BCUT2D eigenvalue weighted by atomic mass is 10.4. The van der Waals surface area contributed by atoms with E-state index in [1.165, 1.54) is 4.88 Å². The minimum Gasteiger partial charge on any atom is -0.384 e. The predicted octanol–water partition coefficient (Wildman–Crippen LogP) is 4.10. The quantitative estimate of drug-likeness (QED) is 0.827. The fourth-order valence-electron chi connectivity index (χ4n) is 0.835. The zero-order valence-electron chi connectivity index (χ0n) is 6.56. The average Bonchev–Trinajstić information content (AvgIpc) is 2.32. The Morgan fingerprint density at radius 1 is 1.67 bits per heavy atom. The number of halogens is 3. The molecule has 12 heavy (non-hydrogen) atoms. The molecular formula is C7H10BrCl2NS. The highest BCUT2D eigenvalue weighted by Crippen LogP contribution is 2.32. The standard InChI is InChI=1S/C7H9BrClNS.ClH/c1-2-10-5-3-7(8)11-6(5)4-9;/h3,10H,2,4H2,1H3;1H. The molecule has 1 rings (SSSR count). The van der Waals surface area contributed by atoms with Crippen molar-refractivity contribution in [3.63, 3.8) is 0 Å². The molecule has 0 radical (unpaired) electrons. The van der Waals surface area contributed by atoms with Gasteiger partial charge in [-0.05, 0) is 28.9 Å². The molecule has 1 nitrogen and oxygen atoms in total. The highest BCUT2D eigenvalue weighted by molar-refractivity contribution is 9.11. The molecule has 1 aromatic heterocycles. The SMILES string of the molecule is CCNc1cc(Br)sc1CCl.Cl. The van der Waals surface area contributed by atoms with Crippen molar-refractivity contribution in [1.82, 2.24) is 0 Å². The lowest BCUT2D eigenvalue weighted by molar-refractivity contribution is 1.21. The van der Waals surface area contributed by atoms with E-state index >= 15 is 0 Å². The molecule has 0 fully saturated rings. The van der Waals surface area contributed by atoms with Gasteiger partial charge in [-0.15, -0.1) is 35.3 Å². The predicted molar refractivity (Wildman–Crippen MR) is 63.0 cm³/mol. The van der Waals surface area contributed by atoms with Crippen molar-refractivity contribution < 1.29 is 0 Å². The summed E-state index contributed by atoms with van der Waals surface area (Å²) in [7, 11) is 0. The second-order valence-electron chi connectivity index (χ2n) is 2.05. The van der Waals surface area contributed by atoms with Crippen LogP contribution in [0, 0.1) is 0 Å². The third kappa shape index (κ3) is 3.13. The van der Waals surface area contributed by atoms with Crippen LogP contribution in [0.2, 0.25) is 0 Å². The van der Waals surface area contributed by atoms with Gasteiger partial charge >= 0.3 is 0 Å². The van der Waals surface area contributed by atoms with Gasteiger partial charge in [0.15, 0.2) is 0 Å². The summed E-state index contributed by atoms with van der Waals surface area (Å²) >= 11 is 10.8. The Balaban J connectivity index is 0.00000121. The lowest BCUT2D eigenvalue weighted by Crippen LogP contribution is -1.96. The molecule has 0 saturated carbocycles. The molecule has 70 valence electrons. The number of alkyl halides is 1. The van der Waals surface area contributed by atoms with Crippen LogP contribution in [0.1, 0.15) is 11.8 Å². The van der Waals surface area contributed by atoms with Gasteiger partial charge in [0.25, 0.3) is 0 Å². The summed E-state index contributed by atoms with van der Waals surface area (Å²) in [4.78, 5) is 1.19. The molecule has 1 aromatic rings. The van der Waals surface area contributed by atoms with Crippen molar-refractivity contribution in [3.8, 4) is 0 Å². The molecule has 0 bridgehead atoms. The maximum absolute atomic E-state index is 5.73. The smallest absolute Gasteiger partial charge is 0.0723 e. The van der Waals surface area contributed by atoms with Crippen molar-refractivity contribution in [2.45, 2.75) is 12.8 Å². The monoisotopic (exact) mass is 289 g/mol. The Kier molecular flexibility index (Phi) is 6.36. The first-order valence-corrected chi connectivity index (χ1v) is 5.50. The van der Waals surface area contributed by atoms with E-state index in [-0.39, 0.29) is 12.4 Å². The number of rotatable bonds is 3. The van der Waals surface area contributed by atoms with E-state index in [0.29, 0.717) is 5.88 Å². The maximum Gasteiger partial charge on any atom is 0.0723 e. The average molecular weight is 291 g/mol. The minimum atomic E-state index is 0. The molecule has 0 aliphatic rings. The third-order valence-corrected chi connectivity index (χ3v) is 3.33. The normalized spacial score (nSPS) is 9.25. The highest BCUT2D eigenvalue weighted by Gasteiger charge is 2.04. The highest BCUT2D eigenvalue weighted by atomic mass is 79.9. The van der Waals surface area contributed by atoms with Gasteiger partial charge in [0.1, 0.15) is 0 Å². The third-order valence-electron chi connectivity index (χ3n) is 1.27. The number of hydrogen-bond donors (Lipinski definition) is 1. The number of anilines is 1. The van der Waals surface area contributed by atoms with Gasteiger partial charge in [-0.2, -0.15) is 0 Å². The van der Waals surface area contributed by atoms with Crippen LogP contribution >= 0.6 is 51.3 Å². The Labute approximate surface area is 96.0 Å². The zero-order chi connectivity index (χ0) is 8.27. The molecule has 0 amide bonds. The van der Waals surface area contributed by atoms with Gasteiger partial charge < -0.3 is 5.32 Å². The molecule has 0 unspecified atom stereocenters. The number of hydrogen-bond acceptors (Lipinski definition) is 2. The van der Waals surface area contributed by atoms with Gasteiger partial charge in [0.2, 0.25) is 0 Å². The van der Waals surface area contributed by atoms with E-state index in [0.717, 1.165) is 16.0 Å². The van der Waals surface area contributed by atoms with Crippen LogP contribution in [-0.4, -0.2) is 6.54 Å². The maximum atomic E-state index is 5.73. The minimum absolute atomic E-state index is 0. The van der Waals surface area contributed by atoms with Gasteiger partial charge in [-0.3, -0.25) is 0 Å². The van der Waals surface area contributed by atoms with E-state index in [4.69, 9.17) is 11.6 Å². The molecule has 1 N–H and O–H groups in total. The van der Waals surface area contributed by atoms with E-state index in [9.17, 15) is 0 Å². The van der Waals surface area contributed by atoms with Crippen LogP contribution in [0.25, 0.3) is 0 Å². The lowest BCUT2D eigenvalue weighted by Gasteiger charge is -2.00. The Hall–Kier alpha value is 0.560.